The minimum atomic E-state index is -0.505. The van der Waals surface area contributed by atoms with E-state index in [1.807, 2.05) is 0 Å². The summed E-state index contributed by atoms with van der Waals surface area (Å²) in [6, 6.07) is -0.472. The highest BCUT2D eigenvalue weighted by atomic mass is 16.6. The van der Waals surface area contributed by atoms with Crippen molar-refractivity contribution in [2.45, 2.75) is 38.8 Å². The number of nitrogens with zero attached hydrogens (tertiary/aromatic N) is 3. The predicted octanol–water partition coefficient (Wildman–Crippen LogP) is 1.36. The Hall–Kier alpha value is -1.26. The van der Waals surface area contributed by atoms with Gasteiger partial charge in [0.15, 0.2) is 0 Å². The molecule has 0 aliphatic heterocycles. The van der Waals surface area contributed by atoms with Crippen LogP contribution >= 0.6 is 0 Å². The third kappa shape index (κ3) is 7.39. The van der Waals surface area contributed by atoms with Crippen molar-refractivity contribution in [1.82, 2.24) is 0 Å². The first-order valence-electron chi connectivity index (χ1n) is 4.33. The van der Waals surface area contributed by atoms with E-state index in [0.29, 0.717) is 0 Å². The van der Waals surface area contributed by atoms with Gasteiger partial charge >= 0.3 is 5.97 Å². The van der Waals surface area contributed by atoms with Gasteiger partial charge in [-0.1, -0.05) is 5.11 Å². The van der Waals surface area contributed by atoms with E-state index < -0.39 is 11.6 Å². The molecule has 0 fully saturated rings. The zero-order valence-corrected chi connectivity index (χ0v) is 8.73. The van der Waals surface area contributed by atoms with E-state index in [1.54, 1.807) is 20.8 Å². The molecule has 0 rings (SSSR count). The molecule has 6 heteroatoms. The van der Waals surface area contributed by atoms with E-state index in [0.717, 1.165) is 0 Å². The standard InChI is InChI=1S/C8H16N4O2/c1-8(2,3)14-7(13)4-6(9)5-11-12-10/h6H,4-5,9H2,1-3H3/t6-/m1/s1. The van der Waals surface area contributed by atoms with Crippen LogP contribution in [0.25, 0.3) is 10.4 Å². The van der Waals surface area contributed by atoms with Crippen LogP contribution in [-0.2, 0) is 9.53 Å². The molecule has 2 N–H and O–H groups in total. The first-order chi connectivity index (χ1) is 6.35. The van der Waals surface area contributed by atoms with Gasteiger partial charge in [0.25, 0.3) is 0 Å². The van der Waals surface area contributed by atoms with Gasteiger partial charge in [-0.15, -0.1) is 0 Å². The zero-order valence-electron chi connectivity index (χ0n) is 8.73. The monoisotopic (exact) mass is 200 g/mol. The van der Waals surface area contributed by atoms with Crippen molar-refractivity contribution in [3.05, 3.63) is 10.4 Å². The van der Waals surface area contributed by atoms with Crippen LogP contribution in [0.15, 0.2) is 5.11 Å². The van der Waals surface area contributed by atoms with Crippen molar-refractivity contribution in [1.29, 1.82) is 0 Å². The fourth-order valence-corrected chi connectivity index (χ4v) is 0.803. The summed E-state index contributed by atoms with van der Waals surface area (Å²) in [5.41, 5.74) is 13.0. The Labute approximate surface area is 83.0 Å². The van der Waals surface area contributed by atoms with Crippen molar-refractivity contribution in [2.24, 2.45) is 10.8 Å². The Morgan fingerprint density at radius 3 is 2.64 bits per heavy atom. The summed E-state index contributed by atoms with van der Waals surface area (Å²) in [6.45, 7) is 5.45. The fraction of sp³-hybridized carbons (Fsp3) is 0.875. The summed E-state index contributed by atoms with van der Waals surface area (Å²) in [5, 5.41) is 3.27. The molecule has 80 valence electrons. The minimum Gasteiger partial charge on any atom is -0.460 e. The fourth-order valence-electron chi connectivity index (χ4n) is 0.803. The maximum Gasteiger partial charge on any atom is 0.307 e. The molecular formula is C8H16N4O2. The van der Waals surface area contributed by atoms with Crippen molar-refractivity contribution in [3.63, 3.8) is 0 Å². The molecule has 0 aliphatic rings. The number of esters is 1. The Morgan fingerprint density at radius 2 is 2.21 bits per heavy atom. The third-order valence-corrected chi connectivity index (χ3v) is 1.23. The van der Waals surface area contributed by atoms with E-state index in [9.17, 15) is 4.79 Å². The van der Waals surface area contributed by atoms with Gasteiger partial charge < -0.3 is 10.5 Å². The molecule has 0 aromatic carbocycles. The van der Waals surface area contributed by atoms with Crippen molar-refractivity contribution >= 4 is 5.97 Å². The Balaban J connectivity index is 3.88. The van der Waals surface area contributed by atoms with Crippen molar-refractivity contribution in [3.8, 4) is 0 Å². The van der Waals surface area contributed by atoms with Gasteiger partial charge in [0.05, 0.1) is 6.42 Å². The smallest absolute Gasteiger partial charge is 0.307 e. The molecule has 0 saturated carbocycles. The van der Waals surface area contributed by atoms with Gasteiger partial charge in [0.2, 0.25) is 0 Å². The summed E-state index contributed by atoms with van der Waals surface area (Å²) in [4.78, 5) is 13.7. The van der Waals surface area contributed by atoms with Gasteiger partial charge in [-0.05, 0) is 26.3 Å². The van der Waals surface area contributed by atoms with Crippen LogP contribution in [0, 0.1) is 0 Å². The second-order valence-corrected chi connectivity index (χ2v) is 3.96. The molecule has 0 radical (unpaired) electrons. The molecule has 0 aliphatic carbocycles. The first-order valence-corrected chi connectivity index (χ1v) is 4.33. The highest BCUT2D eigenvalue weighted by molar-refractivity contribution is 5.70. The lowest BCUT2D eigenvalue weighted by molar-refractivity contribution is -0.155. The number of carbonyl (C=O) groups excluding carboxylic acids is 1. The summed E-state index contributed by atoms with van der Waals surface area (Å²) >= 11 is 0. The SMILES string of the molecule is CC(C)(C)OC(=O)C[C@@H](N)CN=[N+]=[N-]. The van der Waals surface area contributed by atoms with Crippen LogP contribution in [0.4, 0.5) is 0 Å². The summed E-state index contributed by atoms with van der Waals surface area (Å²) < 4.78 is 5.03. The summed E-state index contributed by atoms with van der Waals surface area (Å²) in [7, 11) is 0. The second kappa shape index (κ2) is 5.47. The third-order valence-electron chi connectivity index (χ3n) is 1.23. The van der Waals surface area contributed by atoms with Crippen LogP contribution in [-0.4, -0.2) is 24.2 Å². The first kappa shape index (κ1) is 12.7. The van der Waals surface area contributed by atoms with Gasteiger partial charge in [-0.25, -0.2) is 0 Å². The van der Waals surface area contributed by atoms with Crippen molar-refractivity contribution in [2.75, 3.05) is 6.54 Å². The molecule has 1 atom stereocenters. The lowest BCUT2D eigenvalue weighted by Crippen LogP contribution is -2.31. The predicted molar refractivity (Wildman–Crippen MR) is 52.5 cm³/mol. The van der Waals surface area contributed by atoms with Crippen LogP contribution in [0.5, 0.6) is 0 Å². The number of ether oxygens (including phenoxy) is 1. The van der Waals surface area contributed by atoms with Crippen LogP contribution in [0.1, 0.15) is 27.2 Å². The molecule has 0 heterocycles. The lowest BCUT2D eigenvalue weighted by atomic mass is 10.2. The normalized spacial score (nSPS) is 12.9. The number of azide groups is 1. The summed E-state index contributed by atoms with van der Waals surface area (Å²) in [6.07, 6.45) is 0.0658. The molecule has 0 aromatic heterocycles. The zero-order chi connectivity index (χ0) is 11.2. The number of hydrogen-bond donors (Lipinski definition) is 1. The van der Waals surface area contributed by atoms with Crippen LogP contribution in [0.3, 0.4) is 0 Å². The molecule has 0 spiro atoms. The molecular weight excluding hydrogens is 184 g/mol. The number of rotatable bonds is 4. The highest BCUT2D eigenvalue weighted by Gasteiger charge is 2.18. The molecule has 0 unspecified atom stereocenters. The van der Waals surface area contributed by atoms with Crippen LogP contribution < -0.4 is 5.73 Å². The maximum atomic E-state index is 11.2. The lowest BCUT2D eigenvalue weighted by Gasteiger charge is -2.20. The Kier molecular flexibility index (Phi) is 4.97. The van der Waals surface area contributed by atoms with Crippen molar-refractivity contribution < 1.29 is 9.53 Å². The average molecular weight is 200 g/mol. The van der Waals surface area contributed by atoms with Gasteiger partial charge in [0, 0.05) is 17.5 Å². The number of carbonyl (C=O) groups is 1. The highest BCUT2D eigenvalue weighted by Crippen LogP contribution is 2.08. The van der Waals surface area contributed by atoms with E-state index in [-0.39, 0.29) is 18.9 Å². The topological polar surface area (TPSA) is 101 Å². The largest absolute Gasteiger partial charge is 0.460 e. The van der Waals surface area contributed by atoms with E-state index in [4.69, 9.17) is 16.0 Å². The van der Waals surface area contributed by atoms with Gasteiger partial charge in [-0.2, -0.15) is 0 Å². The molecule has 14 heavy (non-hydrogen) atoms. The maximum absolute atomic E-state index is 11.2. The quantitative estimate of drug-likeness (QED) is 0.321. The van der Waals surface area contributed by atoms with Gasteiger partial charge in [-0.3, -0.25) is 4.79 Å². The van der Waals surface area contributed by atoms with Gasteiger partial charge in [0.1, 0.15) is 5.60 Å². The Morgan fingerprint density at radius 1 is 1.64 bits per heavy atom. The Bertz CT molecular complexity index is 240. The number of nitrogens with two attached hydrogens (primary N) is 1. The van der Waals surface area contributed by atoms with Crippen LogP contribution in [0.2, 0.25) is 0 Å². The molecule has 0 amide bonds. The van der Waals surface area contributed by atoms with E-state index >= 15 is 0 Å². The minimum absolute atomic E-state index is 0.0658. The van der Waals surface area contributed by atoms with E-state index in [2.05, 4.69) is 10.0 Å². The molecule has 0 saturated heterocycles. The molecule has 0 aromatic rings. The summed E-state index contributed by atoms with van der Waals surface area (Å²) in [5.74, 6) is -0.377. The number of hydrogen-bond acceptors (Lipinski definition) is 4. The molecule has 0 bridgehead atoms. The molecule has 6 nitrogen and oxygen atoms in total. The second-order valence-electron chi connectivity index (χ2n) is 3.96. The average Bonchev–Trinajstić information content (AvgIpc) is 1.96. The van der Waals surface area contributed by atoms with E-state index in [1.165, 1.54) is 0 Å².